The summed E-state index contributed by atoms with van der Waals surface area (Å²) in [5, 5.41) is 11.2. The molecule has 1 heterocycles. The number of hydrogen-bond acceptors (Lipinski definition) is 4. The Morgan fingerprint density at radius 3 is 2.61 bits per heavy atom. The summed E-state index contributed by atoms with van der Waals surface area (Å²) in [7, 11) is 3.72. The fourth-order valence-corrected chi connectivity index (χ4v) is 2.83. The molecule has 2 aromatic carbocycles. The smallest absolute Gasteiger partial charge is 0.272 e. The minimum atomic E-state index is -1.21. The minimum absolute atomic E-state index is 0. The number of H-pyrrole nitrogens is 1. The maximum atomic E-state index is 13.4. The standard InChI is InChI=1S/C21H19ClF2N6O2.ClH/c1-30(2)11-26-13-5-3-4-12(6-13)10-25-21(32)18-9-19(29-28-18)27-20(31)14-7-16(23)17(24)8-15(14)22;/h3-9,11H,10H2,1-2H3,(H,25,32)(H2,27,28,29,31);1H/b26-11+;. The number of amides is 2. The maximum absolute atomic E-state index is 13.4. The third-order valence-electron chi connectivity index (χ3n) is 4.11. The molecule has 0 aliphatic carbocycles. The summed E-state index contributed by atoms with van der Waals surface area (Å²) in [5.41, 5.74) is 1.34. The van der Waals surface area contributed by atoms with Gasteiger partial charge in [-0.1, -0.05) is 23.7 Å². The van der Waals surface area contributed by atoms with Crippen LogP contribution in [-0.2, 0) is 6.54 Å². The number of aromatic nitrogens is 2. The van der Waals surface area contributed by atoms with E-state index in [1.165, 1.54) is 6.07 Å². The highest BCUT2D eigenvalue weighted by Gasteiger charge is 2.17. The van der Waals surface area contributed by atoms with Gasteiger partial charge in [0.05, 0.1) is 22.6 Å². The second kappa shape index (κ2) is 11.4. The van der Waals surface area contributed by atoms with E-state index in [0.29, 0.717) is 12.1 Å². The zero-order chi connectivity index (χ0) is 23.3. The minimum Gasteiger partial charge on any atom is -0.369 e. The van der Waals surface area contributed by atoms with Crippen molar-refractivity contribution in [2.45, 2.75) is 6.54 Å². The molecular formula is C21H20Cl2F2N6O2. The number of aliphatic imine (C=N–C) groups is 1. The molecule has 8 nitrogen and oxygen atoms in total. The zero-order valence-electron chi connectivity index (χ0n) is 17.5. The Morgan fingerprint density at radius 1 is 1.15 bits per heavy atom. The molecule has 1 aromatic heterocycles. The Morgan fingerprint density at radius 2 is 1.88 bits per heavy atom. The highest BCUT2D eigenvalue weighted by atomic mass is 35.5. The molecule has 0 unspecified atom stereocenters. The van der Waals surface area contributed by atoms with Crippen molar-refractivity contribution in [3.8, 4) is 0 Å². The number of anilines is 1. The van der Waals surface area contributed by atoms with Gasteiger partial charge in [-0.25, -0.2) is 13.8 Å². The molecule has 0 spiro atoms. The lowest BCUT2D eigenvalue weighted by molar-refractivity contribution is 0.0945. The monoisotopic (exact) mass is 496 g/mol. The molecule has 0 aliphatic heterocycles. The fraction of sp³-hybridized carbons (Fsp3) is 0.143. The van der Waals surface area contributed by atoms with E-state index in [0.717, 1.165) is 11.3 Å². The molecule has 0 radical (unpaired) electrons. The molecule has 0 fully saturated rings. The number of nitrogens with zero attached hydrogens (tertiary/aromatic N) is 3. The summed E-state index contributed by atoms with van der Waals surface area (Å²) < 4.78 is 26.6. The number of nitrogens with one attached hydrogen (secondary N) is 3. The van der Waals surface area contributed by atoms with Crippen molar-refractivity contribution < 1.29 is 18.4 Å². The van der Waals surface area contributed by atoms with Crippen LogP contribution in [0, 0.1) is 11.6 Å². The predicted octanol–water partition coefficient (Wildman–Crippen LogP) is 4.17. The lowest BCUT2D eigenvalue weighted by Gasteiger charge is -2.06. The van der Waals surface area contributed by atoms with E-state index in [1.807, 2.05) is 43.3 Å². The van der Waals surface area contributed by atoms with Crippen molar-refractivity contribution >= 4 is 53.7 Å². The van der Waals surface area contributed by atoms with Gasteiger partial charge in [0.25, 0.3) is 11.8 Å². The van der Waals surface area contributed by atoms with Crippen LogP contribution in [0.5, 0.6) is 0 Å². The molecule has 3 rings (SSSR count). The lowest BCUT2D eigenvalue weighted by atomic mass is 10.2. The van der Waals surface area contributed by atoms with Crippen molar-refractivity contribution in [3.63, 3.8) is 0 Å². The quantitative estimate of drug-likeness (QED) is 0.259. The van der Waals surface area contributed by atoms with Gasteiger partial charge >= 0.3 is 0 Å². The van der Waals surface area contributed by atoms with Crippen molar-refractivity contribution in [2.24, 2.45) is 4.99 Å². The molecule has 12 heteroatoms. The first kappa shape index (κ1) is 25.8. The van der Waals surface area contributed by atoms with Gasteiger partial charge in [0, 0.05) is 26.7 Å². The molecule has 174 valence electrons. The van der Waals surface area contributed by atoms with Gasteiger partial charge in [-0.2, -0.15) is 5.10 Å². The largest absolute Gasteiger partial charge is 0.369 e. The van der Waals surface area contributed by atoms with Gasteiger partial charge in [0.1, 0.15) is 5.82 Å². The number of carbonyl (C=O) groups excluding carboxylic acids is 2. The zero-order valence-corrected chi connectivity index (χ0v) is 19.1. The predicted molar refractivity (Wildman–Crippen MR) is 125 cm³/mol. The maximum Gasteiger partial charge on any atom is 0.272 e. The van der Waals surface area contributed by atoms with E-state index >= 15 is 0 Å². The van der Waals surface area contributed by atoms with Crippen molar-refractivity contribution in [3.05, 3.63) is 75.9 Å². The first-order valence-corrected chi connectivity index (χ1v) is 9.70. The van der Waals surface area contributed by atoms with E-state index in [4.69, 9.17) is 11.6 Å². The first-order valence-electron chi connectivity index (χ1n) is 9.32. The Balaban J connectivity index is 0.00000385. The van der Waals surface area contributed by atoms with Crippen LogP contribution in [0.3, 0.4) is 0 Å². The van der Waals surface area contributed by atoms with Crippen LogP contribution < -0.4 is 10.6 Å². The summed E-state index contributed by atoms with van der Waals surface area (Å²) in [6.07, 6.45) is 1.67. The molecule has 0 saturated carbocycles. The highest BCUT2D eigenvalue weighted by Crippen LogP contribution is 2.21. The van der Waals surface area contributed by atoms with E-state index < -0.39 is 23.4 Å². The number of hydrogen-bond donors (Lipinski definition) is 3. The van der Waals surface area contributed by atoms with Crippen LogP contribution in [0.2, 0.25) is 5.02 Å². The second-order valence-electron chi connectivity index (χ2n) is 6.93. The van der Waals surface area contributed by atoms with Gasteiger partial charge in [0.15, 0.2) is 17.3 Å². The van der Waals surface area contributed by atoms with Gasteiger partial charge in [0.2, 0.25) is 0 Å². The number of carbonyl (C=O) groups is 2. The summed E-state index contributed by atoms with van der Waals surface area (Å²) in [6, 6.07) is 10.0. The number of halogens is 4. The number of rotatable bonds is 7. The van der Waals surface area contributed by atoms with Crippen LogP contribution in [0.15, 0.2) is 47.5 Å². The van der Waals surface area contributed by atoms with Crippen molar-refractivity contribution in [1.82, 2.24) is 20.4 Å². The highest BCUT2D eigenvalue weighted by molar-refractivity contribution is 6.34. The molecule has 3 aromatic rings. The average Bonchev–Trinajstić information content (AvgIpc) is 3.22. The van der Waals surface area contributed by atoms with Crippen LogP contribution in [0.4, 0.5) is 20.3 Å². The molecule has 3 N–H and O–H groups in total. The molecule has 0 aliphatic rings. The molecular weight excluding hydrogens is 477 g/mol. The Bertz CT molecular complexity index is 1180. The normalized spacial score (nSPS) is 10.6. The van der Waals surface area contributed by atoms with Crippen molar-refractivity contribution in [1.29, 1.82) is 0 Å². The summed E-state index contributed by atoms with van der Waals surface area (Å²) in [4.78, 5) is 30.7. The Hall–Kier alpha value is -3.50. The van der Waals surface area contributed by atoms with Gasteiger partial charge in [-0.3, -0.25) is 14.7 Å². The van der Waals surface area contributed by atoms with Crippen molar-refractivity contribution in [2.75, 3.05) is 19.4 Å². The second-order valence-corrected chi connectivity index (χ2v) is 7.34. The van der Waals surface area contributed by atoms with Crippen LogP contribution >= 0.6 is 24.0 Å². The molecule has 0 saturated heterocycles. The lowest BCUT2D eigenvalue weighted by Crippen LogP contribution is -2.23. The fourth-order valence-electron chi connectivity index (χ4n) is 2.59. The van der Waals surface area contributed by atoms with E-state index in [9.17, 15) is 18.4 Å². The van der Waals surface area contributed by atoms with E-state index in [1.54, 1.807) is 6.34 Å². The summed E-state index contributed by atoms with van der Waals surface area (Å²) in [5.74, 6) is -3.56. The third-order valence-corrected chi connectivity index (χ3v) is 4.43. The van der Waals surface area contributed by atoms with Crippen LogP contribution in [0.25, 0.3) is 0 Å². The SMILES string of the molecule is CN(C)/C=N/c1cccc(CNC(=O)c2cc(NC(=O)c3cc(F)c(F)cc3Cl)[nH]n2)c1.Cl. The topological polar surface area (TPSA) is 102 Å². The molecule has 2 amide bonds. The Labute approximate surface area is 199 Å². The van der Waals surface area contributed by atoms with Gasteiger partial charge in [-0.15, -0.1) is 12.4 Å². The summed E-state index contributed by atoms with van der Waals surface area (Å²) in [6.45, 7) is 0.239. The first-order chi connectivity index (χ1) is 15.2. The molecule has 0 atom stereocenters. The number of aromatic amines is 1. The number of benzene rings is 2. The third kappa shape index (κ3) is 6.99. The van der Waals surface area contributed by atoms with Gasteiger partial charge < -0.3 is 15.5 Å². The van der Waals surface area contributed by atoms with Gasteiger partial charge in [-0.05, 0) is 29.8 Å². The Kier molecular flexibility index (Phi) is 8.89. The summed E-state index contributed by atoms with van der Waals surface area (Å²) >= 11 is 5.80. The molecule has 0 bridgehead atoms. The van der Waals surface area contributed by atoms with E-state index in [2.05, 4.69) is 25.8 Å². The van der Waals surface area contributed by atoms with E-state index in [-0.39, 0.29) is 41.0 Å². The average molecular weight is 497 g/mol. The molecule has 33 heavy (non-hydrogen) atoms. The van der Waals surface area contributed by atoms with Crippen LogP contribution in [0.1, 0.15) is 26.4 Å². The van der Waals surface area contributed by atoms with Crippen LogP contribution in [-0.4, -0.2) is 47.3 Å².